The fourth-order valence-corrected chi connectivity index (χ4v) is 5.26. The molecule has 4 nitrogen and oxygen atoms in total. The number of benzene rings is 3. The molecule has 1 unspecified atom stereocenters. The SMILES string of the molecule is COC(=O)c1cccc2c1c1c(n2Cc2ccccc2C(F)(F)F)CC(c2ccc(Cl)cc2)CC1=O. The average Bonchev–Trinajstić information content (AvgIpc) is 3.17. The molecule has 0 bridgehead atoms. The summed E-state index contributed by atoms with van der Waals surface area (Å²) in [5.41, 5.74) is 1.97. The van der Waals surface area contributed by atoms with Gasteiger partial charge in [-0.15, -0.1) is 0 Å². The summed E-state index contributed by atoms with van der Waals surface area (Å²) < 4.78 is 48.0. The van der Waals surface area contributed by atoms with Crippen LogP contribution in [0.1, 0.15) is 55.4 Å². The molecule has 0 amide bonds. The van der Waals surface area contributed by atoms with Crippen LogP contribution in [-0.2, 0) is 23.9 Å². The minimum absolute atomic E-state index is 0.0780. The van der Waals surface area contributed by atoms with E-state index in [9.17, 15) is 22.8 Å². The van der Waals surface area contributed by atoms with E-state index in [2.05, 4.69) is 0 Å². The number of Topliss-reactive ketones (excluding diaryl/α,β-unsaturated/α-hetero) is 1. The van der Waals surface area contributed by atoms with Gasteiger partial charge in [0, 0.05) is 34.6 Å². The van der Waals surface area contributed by atoms with E-state index in [1.165, 1.54) is 19.2 Å². The first kappa shape index (κ1) is 24.1. The topological polar surface area (TPSA) is 48.3 Å². The number of fused-ring (bicyclic) bond motifs is 3. The molecule has 1 atom stereocenters. The molecule has 8 heteroatoms. The lowest BCUT2D eigenvalue weighted by molar-refractivity contribution is -0.138. The number of rotatable bonds is 4. The van der Waals surface area contributed by atoms with Crippen LogP contribution < -0.4 is 0 Å². The van der Waals surface area contributed by atoms with Crippen molar-refractivity contribution in [1.29, 1.82) is 0 Å². The lowest BCUT2D eigenvalue weighted by atomic mass is 9.81. The van der Waals surface area contributed by atoms with Gasteiger partial charge < -0.3 is 9.30 Å². The number of methoxy groups -OCH3 is 1. The van der Waals surface area contributed by atoms with Crippen LogP contribution in [0.15, 0.2) is 66.7 Å². The molecule has 0 radical (unpaired) electrons. The highest BCUT2D eigenvalue weighted by Gasteiger charge is 2.36. The molecule has 0 fully saturated rings. The smallest absolute Gasteiger partial charge is 0.416 e. The number of alkyl halides is 3. The van der Waals surface area contributed by atoms with E-state index in [0.29, 0.717) is 33.6 Å². The van der Waals surface area contributed by atoms with E-state index in [0.717, 1.165) is 11.6 Å². The van der Waals surface area contributed by atoms with Crippen molar-refractivity contribution in [2.75, 3.05) is 7.11 Å². The van der Waals surface area contributed by atoms with E-state index in [-0.39, 0.29) is 35.8 Å². The summed E-state index contributed by atoms with van der Waals surface area (Å²) in [5, 5.41) is 0.991. The zero-order valence-electron chi connectivity index (χ0n) is 19.2. The Morgan fingerprint density at radius 3 is 2.44 bits per heavy atom. The van der Waals surface area contributed by atoms with Crippen LogP contribution >= 0.6 is 11.6 Å². The van der Waals surface area contributed by atoms with Gasteiger partial charge in [-0.1, -0.05) is 48.0 Å². The average molecular weight is 512 g/mol. The van der Waals surface area contributed by atoms with Gasteiger partial charge in [0.05, 0.1) is 23.8 Å². The monoisotopic (exact) mass is 511 g/mol. The third-order valence-electron chi connectivity index (χ3n) is 6.75. The first-order chi connectivity index (χ1) is 17.2. The molecule has 36 heavy (non-hydrogen) atoms. The molecule has 1 heterocycles. The first-order valence-electron chi connectivity index (χ1n) is 11.3. The van der Waals surface area contributed by atoms with Crippen LogP contribution in [-0.4, -0.2) is 23.4 Å². The summed E-state index contributed by atoms with van der Waals surface area (Å²) in [7, 11) is 1.25. The van der Waals surface area contributed by atoms with E-state index in [1.54, 1.807) is 41.0 Å². The minimum atomic E-state index is -4.53. The number of ether oxygens (including phenoxy) is 1. The third-order valence-corrected chi connectivity index (χ3v) is 7.00. The van der Waals surface area contributed by atoms with E-state index >= 15 is 0 Å². The van der Waals surface area contributed by atoms with Crippen molar-refractivity contribution in [2.24, 2.45) is 0 Å². The summed E-state index contributed by atoms with van der Waals surface area (Å²) in [6.07, 6.45) is -3.90. The van der Waals surface area contributed by atoms with Crippen molar-refractivity contribution in [1.82, 2.24) is 4.57 Å². The van der Waals surface area contributed by atoms with Gasteiger partial charge in [-0.25, -0.2) is 4.79 Å². The summed E-state index contributed by atoms with van der Waals surface area (Å²) in [6, 6.07) is 17.6. The standard InChI is InChI=1S/C28H21ClF3NO3/c1-36-27(35)20-6-4-8-22-25(20)26-23(13-18(14-24(26)34)16-9-11-19(29)12-10-16)33(22)15-17-5-2-3-7-21(17)28(30,31)32/h2-12,18H,13-15H2,1H3. The second-order valence-electron chi connectivity index (χ2n) is 8.83. The molecule has 0 saturated carbocycles. The molecule has 0 saturated heterocycles. The van der Waals surface area contributed by atoms with Gasteiger partial charge in [0.25, 0.3) is 0 Å². The van der Waals surface area contributed by atoms with Crippen LogP contribution in [0.3, 0.4) is 0 Å². The van der Waals surface area contributed by atoms with Crippen molar-refractivity contribution in [3.63, 3.8) is 0 Å². The highest BCUT2D eigenvalue weighted by atomic mass is 35.5. The Bertz CT molecular complexity index is 1490. The number of carbonyl (C=O) groups is 2. The van der Waals surface area contributed by atoms with Crippen molar-refractivity contribution >= 4 is 34.3 Å². The second-order valence-corrected chi connectivity index (χ2v) is 9.27. The molecule has 0 aliphatic heterocycles. The van der Waals surface area contributed by atoms with Crippen LogP contribution in [0.2, 0.25) is 5.02 Å². The van der Waals surface area contributed by atoms with Crippen molar-refractivity contribution in [3.8, 4) is 0 Å². The fourth-order valence-electron chi connectivity index (χ4n) is 5.13. The highest BCUT2D eigenvalue weighted by molar-refractivity contribution is 6.30. The Labute approximate surface area is 210 Å². The zero-order valence-corrected chi connectivity index (χ0v) is 20.0. The maximum atomic E-state index is 13.8. The summed E-state index contributed by atoms with van der Waals surface area (Å²) in [5.74, 6) is -0.950. The lowest BCUT2D eigenvalue weighted by Gasteiger charge is -2.24. The molecule has 184 valence electrons. The fraction of sp³-hybridized carbons (Fsp3) is 0.214. The molecule has 5 rings (SSSR count). The Kier molecular flexibility index (Phi) is 6.12. The van der Waals surface area contributed by atoms with Crippen LogP contribution in [0.25, 0.3) is 10.9 Å². The second kappa shape index (κ2) is 9.13. The van der Waals surface area contributed by atoms with E-state index < -0.39 is 17.7 Å². The predicted molar refractivity (Wildman–Crippen MR) is 131 cm³/mol. The first-order valence-corrected chi connectivity index (χ1v) is 11.7. The zero-order chi connectivity index (χ0) is 25.6. The molecule has 0 N–H and O–H groups in total. The Morgan fingerprint density at radius 2 is 1.75 bits per heavy atom. The summed E-state index contributed by atoms with van der Waals surface area (Å²) in [4.78, 5) is 26.1. The van der Waals surface area contributed by atoms with E-state index in [4.69, 9.17) is 16.3 Å². The molecule has 0 spiro atoms. The number of aromatic nitrogens is 1. The third kappa shape index (κ3) is 4.17. The van der Waals surface area contributed by atoms with Gasteiger partial charge in [0.2, 0.25) is 0 Å². The van der Waals surface area contributed by atoms with Crippen molar-refractivity contribution < 1.29 is 27.5 Å². The highest BCUT2D eigenvalue weighted by Crippen LogP contribution is 2.41. The van der Waals surface area contributed by atoms with Crippen LogP contribution in [0.5, 0.6) is 0 Å². The van der Waals surface area contributed by atoms with Gasteiger partial charge in [0.15, 0.2) is 5.78 Å². The molecular formula is C28H21ClF3NO3. The van der Waals surface area contributed by atoms with E-state index in [1.807, 2.05) is 12.1 Å². The molecule has 4 aromatic rings. The summed E-state index contributed by atoms with van der Waals surface area (Å²) in [6.45, 7) is -0.104. The maximum absolute atomic E-state index is 13.8. The van der Waals surface area contributed by atoms with Gasteiger partial charge in [-0.2, -0.15) is 13.2 Å². The predicted octanol–water partition coefficient (Wildman–Crippen LogP) is 7.06. The van der Waals surface area contributed by atoms with Gasteiger partial charge >= 0.3 is 12.1 Å². The number of esters is 1. The van der Waals surface area contributed by atoms with Crippen LogP contribution in [0, 0.1) is 0 Å². The number of ketones is 1. The largest absolute Gasteiger partial charge is 0.465 e. The minimum Gasteiger partial charge on any atom is -0.465 e. The number of carbonyl (C=O) groups excluding carboxylic acids is 2. The lowest BCUT2D eigenvalue weighted by Crippen LogP contribution is -2.21. The summed E-state index contributed by atoms with van der Waals surface area (Å²) >= 11 is 6.03. The normalized spacial score (nSPS) is 15.7. The number of hydrogen-bond acceptors (Lipinski definition) is 3. The molecular weight excluding hydrogens is 491 g/mol. The van der Waals surface area contributed by atoms with Gasteiger partial charge in [-0.3, -0.25) is 4.79 Å². The molecule has 1 aromatic heterocycles. The number of nitrogens with zero attached hydrogens (tertiary/aromatic N) is 1. The van der Waals surface area contributed by atoms with Gasteiger partial charge in [-0.05, 0) is 53.8 Å². The number of hydrogen-bond donors (Lipinski definition) is 0. The van der Waals surface area contributed by atoms with Crippen molar-refractivity contribution in [2.45, 2.75) is 31.5 Å². The number of halogens is 4. The quantitative estimate of drug-likeness (QED) is 0.275. The van der Waals surface area contributed by atoms with Crippen molar-refractivity contribution in [3.05, 3.63) is 105 Å². The Balaban J connectivity index is 1.73. The maximum Gasteiger partial charge on any atom is 0.416 e. The molecule has 1 aliphatic rings. The Morgan fingerprint density at radius 1 is 1.03 bits per heavy atom. The van der Waals surface area contributed by atoms with Crippen LogP contribution in [0.4, 0.5) is 13.2 Å². The Hall–Kier alpha value is -3.58. The molecule has 3 aromatic carbocycles. The molecule has 1 aliphatic carbocycles. The van der Waals surface area contributed by atoms with Gasteiger partial charge in [0.1, 0.15) is 0 Å².